The highest BCUT2D eigenvalue weighted by Gasteiger charge is 2.14. The predicted molar refractivity (Wildman–Crippen MR) is 88.8 cm³/mol. The van der Waals surface area contributed by atoms with Crippen LogP contribution in [0.3, 0.4) is 0 Å². The Morgan fingerprint density at radius 2 is 1.14 bits per heavy atom. The normalized spacial score (nSPS) is 12.4. The minimum absolute atomic E-state index is 0.0423. The summed E-state index contributed by atoms with van der Waals surface area (Å²) in [4.78, 5) is 32.5. The number of ketones is 2. The summed E-state index contributed by atoms with van der Waals surface area (Å²) in [6.45, 7) is 3.55. The molecule has 1 N–H and O–H groups in total. The fourth-order valence-electron chi connectivity index (χ4n) is 1.06. The standard InChI is InChI=1S/C18H17NO3/c1-2-3-4-5-6-7-8-9-10-11-12-13-14-17(21)18(22)16(19)15-20/h2-15,19H,1H2. The number of carbonyl (C=O) groups is 3. The van der Waals surface area contributed by atoms with Crippen LogP contribution in [-0.2, 0) is 14.4 Å². The van der Waals surface area contributed by atoms with Gasteiger partial charge in [-0.2, -0.15) is 0 Å². The van der Waals surface area contributed by atoms with E-state index in [2.05, 4.69) is 6.58 Å². The van der Waals surface area contributed by atoms with Crippen LogP contribution >= 0.6 is 0 Å². The maximum Gasteiger partial charge on any atom is 0.253 e. The molecular weight excluding hydrogens is 278 g/mol. The second-order valence-corrected chi connectivity index (χ2v) is 3.74. The van der Waals surface area contributed by atoms with E-state index < -0.39 is 17.3 Å². The van der Waals surface area contributed by atoms with Gasteiger partial charge in [0.25, 0.3) is 5.78 Å². The van der Waals surface area contributed by atoms with Gasteiger partial charge in [0.15, 0.2) is 6.29 Å². The van der Waals surface area contributed by atoms with Crippen molar-refractivity contribution >= 4 is 23.6 Å². The highest BCUT2D eigenvalue weighted by Crippen LogP contribution is 1.87. The first kappa shape index (κ1) is 18.9. The van der Waals surface area contributed by atoms with Crippen molar-refractivity contribution in [1.29, 1.82) is 5.41 Å². The molecule has 0 saturated heterocycles. The van der Waals surface area contributed by atoms with Crippen molar-refractivity contribution in [1.82, 2.24) is 0 Å². The van der Waals surface area contributed by atoms with Gasteiger partial charge in [0.1, 0.15) is 5.71 Å². The van der Waals surface area contributed by atoms with Crippen molar-refractivity contribution < 1.29 is 14.4 Å². The molecule has 0 spiro atoms. The van der Waals surface area contributed by atoms with E-state index in [-0.39, 0.29) is 6.29 Å². The van der Waals surface area contributed by atoms with E-state index in [9.17, 15) is 14.4 Å². The Hall–Kier alpha value is -3.14. The number of hydrogen-bond donors (Lipinski definition) is 1. The first-order valence-corrected chi connectivity index (χ1v) is 6.38. The molecule has 0 rings (SSSR count). The monoisotopic (exact) mass is 295 g/mol. The Balaban J connectivity index is 4.18. The van der Waals surface area contributed by atoms with Gasteiger partial charge in [0.05, 0.1) is 0 Å². The van der Waals surface area contributed by atoms with Crippen molar-refractivity contribution in [2.45, 2.75) is 0 Å². The van der Waals surface area contributed by atoms with Crippen LogP contribution < -0.4 is 0 Å². The Morgan fingerprint density at radius 1 is 0.727 bits per heavy atom. The van der Waals surface area contributed by atoms with E-state index in [0.29, 0.717) is 0 Å². The lowest BCUT2D eigenvalue weighted by Crippen LogP contribution is -2.22. The van der Waals surface area contributed by atoms with Crippen LogP contribution in [0.25, 0.3) is 0 Å². The maximum atomic E-state index is 11.2. The summed E-state index contributed by atoms with van der Waals surface area (Å²) in [7, 11) is 0. The van der Waals surface area contributed by atoms with E-state index in [4.69, 9.17) is 5.41 Å². The molecule has 0 aliphatic heterocycles. The average Bonchev–Trinajstić information content (AvgIpc) is 2.54. The van der Waals surface area contributed by atoms with Crippen LogP contribution in [0.15, 0.2) is 85.6 Å². The van der Waals surface area contributed by atoms with Gasteiger partial charge in [-0.25, -0.2) is 0 Å². The van der Waals surface area contributed by atoms with Crippen LogP contribution in [0.5, 0.6) is 0 Å². The van der Waals surface area contributed by atoms with Crippen LogP contribution in [0.2, 0.25) is 0 Å². The SMILES string of the molecule is C=CC=CC=CC=CC=CC=CC=CC(=O)C(=O)C(=N)C=O. The van der Waals surface area contributed by atoms with Gasteiger partial charge < -0.3 is 0 Å². The predicted octanol–water partition coefficient (Wildman–Crippen LogP) is 2.87. The van der Waals surface area contributed by atoms with Crippen LogP contribution in [0.4, 0.5) is 0 Å². The number of rotatable bonds is 10. The van der Waals surface area contributed by atoms with E-state index in [1.165, 1.54) is 6.08 Å². The summed E-state index contributed by atoms with van der Waals surface area (Å²) in [5.41, 5.74) is -0.848. The molecule has 0 aromatic heterocycles. The lowest BCUT2D eigenvalue weighted by Gasteiger charge is -1.88. The van der Waals surface area contributed by atoms with Gasteiger partial charge in [-0.15, -0.1) is 0 Å². The van der Waals surface area contributed by atoms with Crippen molar-refractivity contribution in [2.24, 2.45) is 0 Å². The lowest BCUT2D eigenvalue weighted by molar-refractivity contribution is -0.130. The van der Waals surface area contributed by atoms with Gasteiger partial charge in [-0.3, -0.25) is 19.8 Å². The fraction of sp³-hybridized carbons (Fsp3) is 0. The van der Waals surface area contributed by atoms with Gasteiger partial charge in [-0.05, 0) is 6.08 Å². The molecule has 4 nitrogen and oxygen atoms in total. The molecule has 0 aromatic carbocycles. The molecule has 22 heavy (non-hydrogen) atoms. The zero-order chi connectivity index (χ0) is 16.6. The molecular formula is C18H17NO3. The zero-order valence-electron chi connectivity index (χ0n) is 12.0. The molecule has 0 aliphatic rings. The second-order valence-electron chi connectivity index (χ2n) is 3.74. The third kappa shape index (κ3) is 9.75. The minimum atomic E-state index is -1.12. The van der Waals surface area contributed by atoms with Gasteiger partial charge in [-0.1, -0.05) is 79.5 Å². The molecule has 0 saturated carbocycles. The summed E-state index contributed by atoms with van der Waals surface area (Å²) < 4.78 is 0. The zero-order valence-corrected chi connectivity index (χ0v) is 12.0. The molecule has 112 valence electrons. The molecule has 0 heterocycles. The van der Waals surface area contributed by atoms with Crippen molar-refractivity contribution in [3.8, 4) is 0 Å². The Morgan fingerprint density at radius 3 is 1.55 bits per heavy atom. The quantitative estimate of drug-likeness (QED) is 0.168. The van der Waals surface area contributed by atoms with E-state index in [1.807, 2.05) is 36.5 Å². The number of Topliss-reactive ketones (excluding diaryl/α,β-unsaturated/α-hetero) is 1. The summed E-state index contributed by atoms with van der Waals surface area (Å²) in [6, 6.07) is 0. The van der Waals surface area contributed by atoms with E-state index in [1.54, 1.807) is 30.4 Å². The Labute approximate surface area is 129 Å². The Bertz CT molecular complexity index is 600. The number of allylic oxidation sites excluding steroid dienone is 13. The fourth-order valence-corrected chi connectivity index (χ4v) is 1.06. The first-order valence-electron chi connectivity index (χ1n) is 6.38. The largest absolute Gasteiger partial charge is 0.296 e. The third-order valence-electron chi connectivity index (χ3n) is 2.08. The number of nitrogens with one attached hydrogen (secondary N) is 1. The number of hydrogen-bond acceptors (Lipinski definition) is 4. The van der Waals surface area contributed by atoms with Crippen molar-refractivity contribution in [3.63, 3.8) is 0 Å². The molecule has 0 amide bonds. The highest BCUT2D eigenvalue weighted by molar-refractivity contribution is 6.76. The molecule has 0 radical (unpaired) electrons. The van der Waals surface area contributed by atoms with Crippen molar-refractivity contribution in [3.05, 3.63) is 85.6 Å². The molecule has 0 aliphatic carbocycles. The highest BCUT2D eigenvalue weighted by atomic mass is 16.2. The summed E-state index contributed by atoms with van der Waals surface area (Å²) in [5, 5.41) is 6.91. The van der Waals surface area contributed by atoms with Crippen LogP contribution in [0.1, 0.15) is 0 Å². The molecule has 0 fully saturated rings. The number of aldehydes is 1. The second kappa shape index (κ2) is 12.9. The van der Waals surface area contributed by atoms with Gasteiger partial charge in [0, 0.05) is 0 Å². The number of carbonyl (C=O) groups excluding carboxylic acids is 3. The summed E-state index contributed by atoms with van der Waals surface area (Å²) in [6.07, 6.45) is 21.9. The van der Waals surface area contributed by atoms with Crippen LogP contribution in [-0.4, -0.2) is 23.6 Å². The molecule has 0 atom stereocenters. The van der Waals surface area contributed by atoms with Gasteiger partial charge >= 0.3 is 0 Å². The maximum absolute atomic E-state index is 11.2. The Kier molecular flexibility index (Phi) is 11.0. The lowest BCUT2D eigenvalue weighted by atomic mass is 10.1. The molecule has 0 aromatic rings. The summed E-state index contributed by atoms with van der Waals surface area (Å²) in [5.74, 6) is -2.02. The first-order chi connectivity index (χ1) is 10.6. The van der Waals surface area contributed by atoms with E-state index in [0.717, 1.165) is 6.08 Å². The van der Waals surface area contributed by atoms with Gasteiger partial charge in [0.2, 0.25) is 5.78 Å². The molecule has 0 bridgehead atoms. The average molecular weight is 295 g/mol. The third-order valence-corrected chi connectivity index (χ3v) is 2.08. The van der Waals surface area contributed by atoms with Crippen molar-refractivity contribution in [2.75, 3.05) is 0 Å². The molecule has 0 unspecified atom stereocenters. The van der Waals surface area contributed by atoms with E-state index >= 15 is 0 Å². The van der Waals surface area contributed by atoms with Crippen LogP contribution in [0, 0.1) is 5.41 Å². The molecule has 4 heteroatoms. The summed E-state index contributed by atoms with van der Waals surface area (Å²) >= 11 is 0. The minimum Gasteiger partial charge on any atom is -0.296 e. The smallest absolute Gasteiger partial charge is 0.253 e. The topological polar surface area (TPSA) is 75.1 Å².